The predicted molar refractivity (Wildman–Crippen MR) is 101 cm³/mol. The van der Waals surface area contributed by atoms with Gasteiger partial charge in [-0.25, -0.2) is 4.79 Å². The van der Waals surface area contributed by atoms with E-state index in [9.17, 15) is 9.59 Å². The van der Waals surface area contributed by atoms with Gasteiger partial charge in [0.05, 0.1) is 11.6 Å². The molecule has 0 aliphatic carbocycles. The maximum absolute atomic E-state index is 12.7. The average Bonchev–Trinajstić information content (AvgIpc) is 2.99. The fraction of sp³-hybridized carbons (Fsp3) is 0.0909. The van der Waals surface area contributed by atoms with Gasteiger partial charge in [0.15, 0.2) is 11.4 Å². The molecule has 0 radical (unpaired) electrons. The number of Topliss-reactive ketones (excluding diaryl/α,β-unsaturated/α-hetero) is 1. The summed E-state index contributed by atoms with van der Waals surface area (Å²) in [6.45, 7) is 1.49. The van der Waals surface area contributed by atoms with Crippen LogP contribution in [0, 0.1) is 0 Å². The van der Waals surface area contributed by atoms with Crippen LogP contribution in [-0.4, -0.2) is 10.4 Å². The fourth-order valence-electron chi connectivity index (χ4n) is 3.26. The van der Waals surface area contributed by atoms with Crippen LogP contribution in [0.3, 0.4) is 0 Å². The molecule has 128 valence electrons. The SMILES string of the molecule is CC(=O)c1ccc2c(c1)oc(=O)n2C(c1ccccc1)c1ccccc1. The number of nitrogens with zero attached hydrogens (tertiary/aromatic N) is 1. The van der Waals surface area contributed by atoms with Crippen LogP contribution >= 0.6 is 0 Å². The highest BCUT2D eigenvalue weighted by Crippen LogP contribution is 2.29. The third kappa shape index (κ3) is 2.75. The molecule has 0 atom stereocenters. The normalized spacial score (nSPS) is 11.2. The first kappa shape index (κ1) is 16.1. The molecule has 4 heteroatoms. The topological polar surface area (TPSA) is 52.2 Å². The standard InChI is InChI=1S/C22H17NO3/c1-15(24)18-12-13-19-20(14-18)26-22(25)23(19)21(16-8-4-2-5-9-16)17-10-6-3-7-11-17/h2-14,21H,1H3. The van der Waals surface area contributed by atoms with Crippen molar-refractivity contribution in [1.29, 1.82) is 0 Å². The zero-order chi connectivity index (χ0) is 18.1. The van der Waals surface area contributed by atoms with Gasteiger partial charge in [0.2, 0.25) is 0 Å². The van der Waals surface area contributed by atoms with Crippen LogP contribution in [0.5, 0.6) is 0 Å². The summed E-state index contributed by atoms with van der Waals surface area (Å²) in [6.07, 6.45) is 0. The molecule has 4 nitrogen and oxygen atoms in total. The van der Waals surface area contributed by atoms with Crippen LogP contribution in [0.1, 0.15) is 34.5 Å². The van der Waals surface area contributed by atoms with Crippen LogP contribution < -0.4 is 5.76 Å². The number of benzene rings is 3. The van der Waals surface area contributed by atoms with Crippen molar-refractivity contribution in [2.24, 2.45) is 0 Å². The van der Waals surface area contributed by atoms with Crippen molar-refractivity contribution >= 4 is 16.9 Å². The van der Waals surface area contributed by atoms with Crippen molar-refractivity contribution in [2.45, 2.75) is 13.0 Å². The molecule has 0 N–H and O–H groups in total. The summed E-state index contributed by atoms with van der Waals surface area (Å²) in [5.41, 5.74) is 3.57. The molecule has 1 heterocycles. The third-order valence-electron chi connectivity index (χ3n) is 4.51. The minimum atomic E-state index is -0.446. The van der Waals surface area contributed by atoms with Crippen LogP contribution in [0.15, 0.2) is 88.1 Å². The molecule has 4 rings (SSSR count). The highest BCUT2D eigenvalue weighted by molar-refractivity contribution is 5.96. The van der Waals surface area contributed by atoms with Gasteiger partial charge in [0, 0.05) is 5.56 Å². The van der Waals surface area contributed by atoms with Crippen molar-refractivity contribution in [3.8, 4) is 0 Å². The Morgan fingerprint density at radius 3 is 2.00 bits per heavy atom. The summed E-state index contributed by atoms with van der Waals surface area (Å²) in [7, 11) is 0. The van der Waals surface area contributed by atoms with E-state index in [-0.39, 0.29) is 11.8 Å². The number of oxazole rings is 1. The largest absolute Gasteiger partial charge is 0.420 e. The first-order valence-electron chi connectivity index (χ1n) is 8.41. The van der Waals surface area contributed by atoms with Crippen molar-refractivity contribution in [3.63, 3.8) is 0 Å². The molecule has 0 fully saturated rings. The number of carbonyl (C=O) groups excluding carboxylic acids is 1. The van der Waals surface area contributed by atoms with Gasteiger partial charge in [-0.1, -0.05) is 60.7 Å². The molecule has 4 aromatic rings. The van der Waals surface area contributed by atoms with Gasteiger partial charge in [-0.15, -0.1) is 0 Å². The van der Waals surface area contributed by atoms with Crippen LogP contribution in [0.4, 0.5) is 0 Å². The number of rotatable bonds is 4. The van der Waals surface area contributed by atoms with Gasteiger partial charge in [-0.2, -0.15) is 0 Å². The molecule has 3 aromatic carbocycles. The smallest absolute Gasteiger partial charge is 0.408 e. The van der Waals surface area contributed by atoms with Gasteiger partial charge in [0.25, 0.3) is 0 Å². The Hall–Kier alpha value is -3.40. The van der Waals surface area contributed by atoms with Crippen molar-refractivity contribution in [3.05, 3.63) is 106 Å². The van der Waals surface area contributed by atoms with Gasteiger partial charge in [-0.3, -0.25) is 9.36 Å². The molecular formula is C22H17NO3. The second-order valence-corrected chi connectivity index (χ2v) is 6.20. The molecule has 0 aliphatic heterocycles. The minimum Gasteiger partial charge on any atom is -0.408 e. The first-order chi connectivity index (χ1) is 12.6. The Morgan fingerprint density at radius 2 is 1.46 bits per heavy atom. The first-order valence-corrected chi connectivity index (χ1v) is 8.41. The Bertz CT molecular complexity index is 1080. The number of hydrogen-bond acceptors (Lipinski definition) is 3. The predicted octanol–water partition coefficient (Wildman–Crippen LogP) is 4.43. The summed E-state index contributed by atoms with van der Waals surface area (Å²) in [5, 5.41) is 0. The molecule has 1 aromatic heterocycles. The average molecular weight is 343 g/mol. The number of fused-ring (bicyclic) bond motifs is 1. The van der Waals surface area contributed by atoms with E-state index in [2.05, 4.69) is 0 Å². The zero-order valence-electron chi connectivity index (χ0n) is 14.3. The lowest BCUT2D eigenvalue weighted by atomic mass is 9.98. The van der Waals surface area contributed by atoms with Gasteiger partial charge in [-0.05, 0) is 36.2 Å². The van der Waals surface area contributed by atoms with Crippen LogP contribution in [-0.2, 0) is 0 Å². The Morgan fingerprint density at radius 1 is 0.885 bits per heavy atom. The van der Waals surface area contributed by atoms with E-state index < -0.39 is 5.76 Å². The lowest BCUT2D eigenvalue weighted by Crippen LogP contribution is -2.22. The van der Waals surface area contributed by atoms with Crippen LogP contribution in [0.2, 0.25) is 0 Å². The van der Waals surface area contributed by atoms with E-state index in [4.69, 9.17) is 4.42 Å². The van der Waals surface area contributed by atoms with E-state index in [0.29, 0.717) is 16.7 Å². The van der Waals surface area contributed by atoms with Gasteiger partial charge < -0.3 is 4.42 Å². The molecule has 0 spiro atoms. The molecule has 0 saturated carbocycles. The molecule has 0 unspecified atom stereocenters. The second kappa shape index (κ2) is 6.48. The van der Waals surface area contributed by atoms with Crippen molar-refractivity contribution in [2.75, 3.05) is 0 Å². The summed E-state index contributed by atoms with van der Waals surface area (Å²) in [4.78, 5) is 24.4. The van der Waals surface area contributed by atoms with E-state index in [1.54, 1.807) is 22.8 Å². The summed E-state index contributed by atoms with van der Waals surface area (Å²) in [6, 6.07) is 24.5. The number of ketones is 1. The maximum Gasteiger partial charge on any atom is 0.420 e. The van der Waals surface area contributed by atoms with E-state index in [0.717, 1.165) is 11.1 Å². The molecule has 0 amide bonds. The number of hydrogen-bond donors (Lipinski definition) is 0. The van der Waals surface area contributed by atoms with Gasteiger partial charge in [0.1, 0.15) is 0 Å². The maximum atomic E-state index is 12.7. The van der Waals surface area contributed by atoms with E-state index >= 15 is 0 Å². The Kier molecular flexibility index (Phi) is 4.01. The molecule has 26 heavy (non-hydrogen) atoms. The Balaban J connectivity index is 1.99. The molecular weight excluding hydrogens is 326 g/mol. The van der Waals surface area contributed by atoms with Crippen molar-refractivity contribution in [1.82, 2.24) is 4.57 Å². The third-order valence-corrected chi connectivity index (χ3v) is 4.51. The summed E-state index contributed by atoms with van der Waals surface area (Å²) in [5.74, 6) is -0.511. The minimum absolute atomic E-state index is 0.0648. The monoisotopic (exact) mass is 343 g/mol. The van der Waals surface area contributed by atoms with Crippen LogP contribution in [0.25, 0.3) is 11.1 Å². The number of carbonyl (C=O) groups is 1. The number of aromatic nitrogens is 1. The second-order valence-electron chi connectivity index (χ2n) is 6.20. The summed E-state index contributed by atoms with van der Waals surface area (Å²) < 4.78 is 7.11. The molecule has 0 aliphatic rings. The molecule has 0 bridgehead atoms. The lowest BCUT2D eigenvalue weighted by molar-refractivity contribution is 0.101. The lowest BCUT2D eigenvalue weighted by Gasteiger charge is -2.19. The highest BCUT2D eigenvalue weighted by atomic mass is 16.4. The van der Waals surface area contributed by atoms with E-state index in [1.165, 1.54) is 6.92 Å². The van der Waals surface area contributed by atoms with Crippen molar-refractivity contribution < 1.29 is 9.21 Å². The quantitative estimate of drug-likeness (QED) is 0.515. The Labute approximate surface area is 150 Å². The zero-order valence-corrected chi connectivity index (χ0v) is 14.3. The highest BCUT2D eigenvalue weighted by Gasteiger charge is 2.22. The molecule has 0 saturated heterocycles. The van der Waals surface area contributed by atoms with E-state index in [1.807, 2.05) is 60.7 Å². The van der Waals surface area contributed by atoms with Gasteiger partial charge >= 0.3 is 5.76 Å². The summed E-state index contributed by atoms with van der Waals surface area (Å²) >= 11 is 0. The fourth-order valence-corrected chi connectivity index (χ4v) is 3.26.